The van der Waals surface area contributed by atoms with Crippen molar-refractivity contribution in [3.63, 3.8) is 0 Å². The van der Waals surface area contributed by atoms with Crippen molar-refractivity contribution < 1.29 is 4.52 Å². The minimum absolute atomic E-state index is 0. The molecule has 0 bridgehead atoms. The van der Waals surface area contributed by atoms with Crippen molar-refractivity contribution in [3.8, 4) is 0 Å². The van der Waals surface area contributed by atoms with Crippen LogP contribution in [0.2, 0.25) is 0 Å². The zero-order valence-electron chi connectivity index (χ0n) is 10.9. The number of rotatable bonds is 5. The van der Waals surface area contributed by atoms with Crippen LogP contribution in [0.15, 0.2) is 33.3 Å². The van der Waals surface area contributed by atoms with E-state index in [0.717, 1.165) is 22.3 Å². The number of likely N-dealkylation sites (N-methyl/N-ethyl adjacent to an activating group) is 1. The Bertz CT molecular complexity index is 501. The summed E-state index contributed by atoms with van der Waals surface area (Å²) in [6.45, 7) is 2.09. The molecule has 0 amide bonds. The normalized spacial score (nSPS) is 11.9. The van der Waals surface area contributed by atoms with E-state index < -0.39 is 0 Å². The molecule has 0 saturated heterocycles. The van der Waals surface area contributed by atoms with Crippen LogP contribution in [0.1, 0.15) is 24.2 Å². The molecule has 0 spiro atoms. The Balaban J connectivity index is 0.00000180. The Morgan fingerprint density at radius 1 is 1.32 bits per heavy atom. The highest BCUT2D eigenvalue weighted by Gasteiger charge is 2.09. The number of benzene rings is 1. The van der Waals surface area contributed by atoms with Crippen LogP contribution >= 0.6 is 28.3 Å². The van der Waals surface area contributed by atoms with Crippen molar-refractivity contribution in [2.45, 2.75) is 25.8 Å². The molecule has 4 nitrogen and oxygen atoms in total. The third-order valence-corrected chi connectivity index (χ3v) is 3.29. The van der Waals surface area contributed by atoms with E-state index in [4.69, 9.17) is 4.52 Å². The molecule has 0 saturated carbocycles. The molecule has 0 aliphatic rings. The highest BCUT2D eigenvalue weighted by molar-refractivity contribution is 9.10. The first kappa shape index (κ1) is 16.1. The number of halogens is 2. The molecule has 2 rings (SSSR count). The fourth-order valence-electron chi connectivity index (χ4n) is 1.60. The monoisotopic (exact) mass is 345 g/mol. The van der Waals surface area contributed by atoms with Crippen molar-refractivity contribution in [1.29, 1.82) is 0 Å². The first-order chi connectivity index (χ1) is 8.67. The second-order valence-corrected chi connectivity index (χ2v) is 5.22. The highest BCUT2D eigenvalue weighted by Crippen LogP contribution is 2.13. The van der Waals surface area contributed by atoms with Gasteiger partial charge in [-0.3, -0.25) is 0 Å². The van der Waals surface area contributed by atoms with Gasteiger partial charge in [-0.1, -0.05) is 33.2 Å². The van der Waals surface area contributed by atoms with Gasteiger partial charge in [0.15, 0.2) is 5.82 Å². The Labute approximate surface area is 127 Å². The second-order valence-electron chi connectivity index (χ2n) is 4.30. The van der Waals surface area contributed by atoms with Crippen LogP contribution in [0.4, 0.5) is 0 Å². The van der Waals surface area contributed by atoms with E-state index >= 15 is 0 Å². The Hall–Kier alpha value is -0.910. The molecule has 0 radical (unpaired) electrons. The zero-order valence-corrected chi connectivity index (χ0v) is 13.3. The van der Waals surface area contributed by atoms with E-state index in [9.17, 15) is 0 Å². The van der Waals surface area contributed by atoms with Crippen LogP contribution < -0.4 is 5.32 Å². The average molecular weight is 347 g/mol. The highest BCUT2D eigenvalue weighted by atomic mass is 79.9. The average Bonchev–Trinajstić information content (AvgIpc) is 2.79. The lowest BCUT2D eigenvalue weighted by atomic mass is 10.1. The van der Waals surface area contributed by atoms with Gasteiger partial charge in [0.1, 0.15) is 0 Å². The summed E-state index contributed by atoms with van der Waals surface area (Å²) in [6, 6.07) is 8.46. The third kappa shape index (κ3) is 4.93. The number of hydrogen-bond acceptors (Lipinski definition) is 4. The SMILES string of the molecule is CNC(C)Cc1noc(Cc2ccc(Br)cc2)n1.Cl. The van der Waals surface area contributed by atoms with Gasteiger partial charge in [0, 0.05) is 16.9 Å². The van der Waals surface area contributed by atoms with Gasteiger partial charge in [-0.05, 0) is 31.7 Å². The molecule has 1 unspecified atom stereocenters. The molecular weight excluding hydrogens is 330 g/mol. The van der Waals surface area contributed by atoms with E-state index in [2.05, 4.69) is 38.3 Å². The molecule has 1 aromatic heterocycles. The summed E-state index contributed by atoms with van der Waals surface area (Å²) in [5, 5.41) is 7.13. The lowest BCUT2D eigenvalue weighted by Crippen LogP contribution is -2.24. The molecule has 0 aliphatic carbocycles. The van der Waals surface area contributed by atoms with Gasteiger partial charge in [0.05, 0.1) is 6.42 Å². The molecule has 19 heavy (non-hydrogen) atoms. The summed E-state index contributed by atoms with van der Waals surface area (Å²) in [7, 11) is 1.92. The van der Waals surface area contributed by atoms with Gasteiger partial charge in [-0.15, -0.1) is 12.4 Å². The number of nitrogens with zero attached hydrogens (tertiary/aromatic N) is 2. The van der Waals surface area contributed by atoms with Gasteiger partial charge in [-0.2, -0.15) is 4.98 Å². The molecule has 0 fully saturated rings. The van der Waals surface area contributed by atoms with Crippen LogP contribution in [0, 0.1) is 0 Å². The maximum absolute atomic E-state index is 5.24. The quantitative estimate of drug-likeness (QED) is 0.904. The maximum Gasteiger partial charge on any atom is 0.231 e. The van der Waals surface area contributed by atoms with Gasteiger partial charge >= 0.3 is 0 Å². The van der Waals surface area contributed by atoms with Gasteiger partial charge in [0.25, 0.3) is 0 Å². The van der Waals surface area contributed by atoms with E-state index in [-0.39, 0.29) is 12.4 Å². The van der Waals surface area contributed by atoms with Gasteiger partial charge in [-0.25, -0.2) is 0 Å². The zero-order chi connectivity index (χ0) is 13.0. The van der Waals surface area contributed by atoms with Crippen LogP contribution in [0.25, 0.3) is 0 Å². The summed E-state index contributed by atoms with van der Waals surface area (Å²) in [6.07, 6.45) is 1.45. The minimum atomic E-state index is 0. The fourth-order valence-corrected chi connectivity index (χ4v) is 1.86. The predicted molar refractivity (Wildman–Crippen MR) is 80.7 cm³/mol. The molecule has 1 atom stereocenters. The van der Waals surface area contributed by atoms with Crippen molar-refractivity contribution in [2.75, 3.05) is 7.05 Å². The fraction of sp³-hybridized carbons (Fsp3) is 0.385. The molecule has 1 aromatic carbocycles. The van der Waals surface area contributed by atoms with Gasteiger partial charge < -0.3 is 9.84 Å². The third-order valence-electron chi connectivity index (χ3n) is 2.76. The predicted octanol–water partition coefficient (Wildman–Crippen LogP) is 3.00. The van der Waals surface area contributed by atoms with Crippen molar-refractivity contribution >= 4 is 28.3 Å². The summed E-state index contributed by atoms with van der Waals surface area (Å²) in [5.74, 6) is 1.42. The van der Waals surface area contributed by atoms with Gasteiger partial charge in [0.2, 0.25) is 5.89 Å². The second kappa shape index (κ2) is 7.62. The molecule has 2 aromatic rings. The maximum atomic E-state index is 5.24. The first-order valence-electron chi connectivity index (χ1n) is 5.90. The van der Waals surface area contributed by atoms with Crippen LogP contribution in [-0.4, -0.2) is 23.2 Å². The van der Waals surface area contributed by atoms with E-state index in [0.29, 0.717) is 18.4 Å². The topological polar surface area (TPSA) is 51.0 Å². The lowest BCUT2D eigenvalue weighted by molar-refractivity contribution is 0.377. The Morgan fingerprint density at radius 3 is 2.63 bits per heavy atom. The van der Waals surface area contributed by atoms with Crippen molar-refractivity contribution in [2.24, 2.45) is 0 Å². The largest absolute Gasteiger partial charge is 0.339 e. The van der Waals surface area contributed by atoms with Crippen molar-refractivity contribution in [3.05, 3.63) is 46.0 Å². The van der Waals surface area contributed by atoms with Crippen molar-refractivity contribution in [1.82, 2.24) is 15.5 Å². The van der Waals surface area contributed by atoms with Crippen LogP contribution in [0.5, 0.6) is 0 Å². The van der Waals surface area contributed by atoms with Crippen LogP contribution in [-0.2, 0) is 12.8 Å². The standard InChI is InChI=1S/C13H16BrN3O.ClH/c1-9(15-2)7-12-16-13(18-17-12)8-10-3-5-11(14)6-4-10;/h3-6,9,15H,7-8H2,1-2H3;1H. The Kier molecular flexibility index (Phi) is 6.48. The number of nitrogens with one attached hydrogen (secondary N) is 1. The summed E-state index contributed by atoms with van der Waals surface area (Å²) < 4.78 is 6.31. The Morgan fingerprint density at radius 2 is 2.00 bits per heavy atom. The number of hydrogen-bond donors (Lipinski definition) is 1. The summed E-state index contributed by atoms with van der Waals surface area (Å²) >= 11 is 3.41. The molecule has 1 N–H and O–H groups in total. The molecule has 1 heterocycles. The molecular formula is C13H17BrClN3O. The lowest BCUT2D eigenvalue weighted by Gasteiger charge is -2.04. The first-order valence-corrected chi connectivity index (χ1v) is 6.70. The summed E-state index contributed by atoms with van der Waals surface area (Å²) in [4.78, 5) is 4.39. The smallest absolute Gasteiger partial charge is 0.231 e. The van der Waals surface area contributed by atoms with E-state index in [1.54, 1.807) is 0 Å². The molecule has 6 heteroatoms. The number of aromatic nitrogens is 2. The molecule has 104 valence electrons. The molecule has 0 aliphatic heterocycles. The van der Waals surface area contributed by atoms with E-state index in [1.165, 1.54) is 0 Å². The van der Waals surface area contributed by atoms with E-state index in [1.807, 2.05) is 31.3 Å². The minimum Gasteiger partial charge on any atom is -0.339 e. The van der Waals surface area contributed by atoms with Crippen LogP contribution in [0.3, 0.4) is 0 Å². The summed E-state index contributed by atoms with van der Waals surface area (Å²) in [5.41, 5.74) is 1.16.